The maximum Gasteiger partial charge on any atom is 0.358 e. The van der Waals surface area contributed by atoms with Crippen molar-refractivity contribution in [2.24, 2.45) is 0 Å². The molecule has 0 aliphatic carbocycles. The van der Waals surface area contributed by atoms with Gasteiger partial charge in [-0.2, -0.15) is 0 Å². The van der Waals surface area contributed by atoms with E-state index in [-0.39, 0.29) is 29.1 Å². The number of rotatable bonds is 7. The lowest BCUT2D eigenvalue weighted by Crippen LogP contribution is -2.23. The molecule has 1 aromatic heterocycles. The molecule has 0 amide bonds. The number of imidazole rings is 1. The normalized spacial score (nSPS) is 12.2. The SMILES string of the molecule is CCOC(=O)c1nc(Br)n(C(C)C)c1C(Nc1cccc(Cl)c1F)c1ccc(Cl)cc1C. The molecule has 0 saturated carbocycles. The molecule has 0 aliphatic heterocycles. The minimum Gasteiger partial charge on any atom is -0.461 e. The van der Waals surface area contributed by atoms with Crippen molar-refractivity contribution in [3.8, 4) is 0 Å². The number of esters is 1. The standard InChI is InChI=1S/C23H23BrCl2FN3O2/c1-5-32-22(31)20-21(30(12(2)3)23(24)29-20)19(15-10-9-14(25)11-13(15)4)28-17-8-6-7-16(26)18(17)27/h6-12,19,28H,5H2,1-4H3. The monoisotopic (exact) mass is 541 g/mol. The Morgan fingerprint density at radius 3 is 2.62 bits per heavy atom. The Morgan fingerprint density at radius 1 is 1.28 bits per heavy atom. The average molecular weight is 543 g/mol. The Hall–Kier alpha value is -2.09. The summed E-state index contributed by atoms with van der Waals surface area (Å²) >= 11 is 15.7. The molecule has 0 fully saturated rings. The number of ether oxygens (including phenoxy) is 1. The molecule has 1 unspecified atom stereocenters. The van der Waals surface area contributed by atoms with E-state index in [4.69, 9.17) is 27.9 Å². The van der Waals surface area contributed by atoms with Crippen LogP contribution < -0.4 is 5.32 Å². The van der Waals surface area contributed by atoms with Gasteiger partial charge in [-0.05, 0) is 79.0 Å². The van der Waals surface area contributed by atoms with E-state index in [1.807, 2.05) is 37.5 Å². The molecule has 3 rings (SSSR count). The fraction of sp³-hybridized carbons (Fsp3) is 0.304. The number of aromatic nitrogens is 2. The van der Waals surface area contributed by atoms with Crippen LogP contribution in [-0.4, -0.2) is 22.1 Å². The third-order valence-corrected chi connectivity index (χ3v) is 6.04. The zero-order valence-corrected chi connectivity index (χ0v) is 21.1. The number of benzene rings is 2. The molecule has 9 heteroatoms. The maximum absolute atomic E-state index is 14.9. The molecular formula is C23H23BrCl2FN3O2. The summed E-state index contributed by atoms with van der Waals surface area (Å²) in [7, 11) is 0. The summed E-state index contributed by atoms with van der Waals surface area (Å²) in [5.41, 5.74) is 2.53. The Labute approximate surface area is 205 Å². The second-order valence-corrected chi connectivity index (χ2v) is 9.03. The van der Waals surface area contributed by atoms with Gasteiger partial charge < -0.3 is 14.6 Å². The van der Waals surface area contributed by atoms with Crippen LogP contribution in [0.3, 0.4) is 0 Å². The summed E-state index contributed by atoms with van der Waals surface area (Å²) in [5, 5.41) is 3.80. The number of carbonyl (C=O) groups excluding carboxylic acids is 1. The quantitative estimate of drug-likeness (QED) is 0.317. The molecule has 1 atom stereocenters. The summed E-state index contributed by atoms with van der Waals surface area (Å²) in [5.74, 6) is -1.15. The Balaban J connectivity index is 2.30. The van der Waals surface area contributed by atoms with E-state index in [2.05, 4.69) is 26.2 Å². The Kier molecular flexibility index (Phi) is 7.85. The molecule has 5 nitrogen and oxygen atoms in total. The lowest BCUT2D eigenvalue weighted by Gasteiger charge is -2.26. The van der Waals surface area contributed by atoms with E-state index in [0.29, 0.717) is 15.5 Å². The highest BCUT2D eigenvalue weighted by Gasteiger charge is 2.32. The number of anilines is 1. The first-order valence-corrected chi connectivity index (χ1v) is 11.6. The van der Waals surface area contributed by atoms with Crippen LogP contribution in [0.2, 0.25) is 10.0 Å². The highest BCUT2D eigenvalue weighted by molar-refractivity contribution is 9.10. The maximum atomic E-state index is 14.9. The third kappa shape index (κ3) is 4.95. The van der Waals surface area contributed by atoms with Gasteiger partial charge in [0.25, 0.3) is 0 Å². The van der Waals surface area contributed by atoms with Gasteiger partial charge in [0.15, 0.2) is 16.2 Å². The van der Waals surface area contributed by atoms with Crippen LogP contribution in [0.4, 0.5) is 10.1 Å². The van der Waals surface area contributed by atoms with Gasteiger partial charge in [-0.15, -0.1) is 0 Å². The van der Waals surface area contributed by atoms with E-state index < -0.39 is 17.8 Å². The molecule has 170 valence electrons. The van der Waals surface area contributed by atoms with E-state index in [0.717, 1.165) is 11.1 Å². The molecule has 2 aromatic carbocycles. The fourth-order valence-electron chi connectivity index (χ4n) is 3.56. The van der Waals surface area contributed by atoms with Crippen LogP contribution >= 0.6 is 39.1 Å². The summed E-state index contributed by atoms with van der Waals surface area (Å²) in [6.45, 7) is 7.77. The van der Waals surface area contributed by atoms with Gasteiger partial charge in [0, 0.05) is 11.1 Å². The van der Waals surface area contributed by atoms with Crippen LogP contribution in [0.5, 0.6) is 0 Å². The number of aryl methyl sites for hydroxylation is 1. The number of hydrogen-bond donors (Lipinski definition) is 1. The number of nitrogens with zero attached hydrogens (tertiary/aromatic N) is 2. The first kappa shape index (κ1) is 24.6. The van der Waals surface area contributed by atoms with Crippen LogP contribution in [0.15, 0.2) is 41.1 Å². The van der Waals surface area contributed by atoms with Crippen molar-refractivity contribution in [1.29, 1.82) is 0 Å². The lowest BCUT2D eigenvalue weighted by atomic mass is 9.96. The van der Waals surface area contributed by atoms with Gasteiger partial charge in [-0.1, -0.05) is 35.3 Å². The highest BCUT2D eigenvalue weighted by atomic mass is 79.9. The first-order valence-electron chi connectivity index (χ1n) is 10.1. The smallest absolute Gasteiger partial charge is 0.358 e. The summed E-state index contributed by atoms with van der Waals surface area (Å²) in [6, 6.07) is 9.42. The molecule has 32 heavy (non-hydrogen) atoms. The van der Waals surface area contributed by atoms with E-state index in [1.54, 1.807) is 25.1 Å². The van der Waals surface area contributed by atoms with Gasteiger partial charge in [-0.25, -0.2) is 14.2 Å². The molecule has 0 saturated heterocycles. The molecular weight excluding hydrogens is 520 g/mol. The molecule has 1 heterocycles. The van der Waals surface area contributed by atoms with Crippen molar-refractivity contribution >= 4 is 50.8 Å². The second-order valence-electron chi connectivity index (χ2n) is 7.48. The van der Waals surface area contributed by atoms with Gasteiger partial charge >= 0.3 is 5.97 Å². The minimum atomic E-state index is -0.652. The Morgan fingerprint density at radius 2 is 2.00 bits per heavy atom. The number of halogens is 4. The van der Waals surface area contributed by atoms with Gasteiger partial charge in [-0.3, -0.25) is 0 Å². The van der Waals surface area contributed by atoms with Crippen LogP contribution in [-0.2, 0) is 4.74 Å². The third-order valence-electron chi connectivity index (χ3n) is 4.96. The summed E-state index contributed by atoms with van der Waals surface area (Å²) < 4.78 is 22.5. The summed E-state index contributed by atoms with van der Waals surface area (Å²) in [6.07, 6.45) is 0. The van der Waals surface area contributed by atoms with Crippen molar-refractivity contribution in [2.45, 2.75) is 39.8 Å². The van der Waals surface area contributed by atoms with Crippen molar-refractivity contribution < 1.29 is 13.9 Å². The molecule has 0 aliphatic rings. The average Bonchev–Trinajstić information content (AvgIpc) is 3.07. The molecule has 0 radical (unpaired) electrons. The molecule has 1 N–H and O–H groups in total. The lowest BCUT2D eigenvalue weighted by molar-refractivity contribution is 0.0518. The molecule has 0 bridgehead atoms. The van der Waals surface area contributed by atoms with Gasteiger partial charge in [0.05, 0.1) is 29.1 Å². The van der Waals surface area contributed by atoms with Crippen molar-refractivity contribution in [3.05, 3.63) is 79.5 Å². The topological polar surface area (TPSA) is 56.1 Å². The predicted molar refractivity (Wildman–Crippen MR) is 129 cm³/mol. The number of hydrogen-bond acceptors (Lipinski definition) is 4. The number of nitrogens with one attached hydrogen (secondary N) is 1. The zero-order chi connectivity index (χ0) is 23.6. The molecule has 3 aromatic rings. The van der Waals surface area contributed by atoms with Crippen LogP contribution in [0.1, 0.15) is 60.2 Å². The first-order chi connectivity index (χ1) is 15.1. The zero-order valence-electron chi connectivity index (χ0n) is 18.0. The van der Waals surface area contributed by atoms with Crippen molar-refractivity contribution in [1.82, 2.24) is 9.55 Å². The largest absolute Gasteiger partial charge is 0.461 e. The molecule has 0 spiro atoms. The van der Waals surface area contributed by atoms with Gasteiger partial charge in [0.1, 0.15) is 0 Å². The van der Waals surface area contributed by atoms with E-state index in [9.17, 15) is 9.18 Å². The predicted octanol–water partition coefficient (Wildman–Crippen LogP) is 7.36. The van der Waals surface area contributed by atoms with E-state index >= 15 is 0 Å². The van der Waals surface area contributed by atoms with Crippen molar-refractivity contribution in [3.63, 3.8) is 0 Å². The van der Waals surface area contributed by atoms with E-state index in [1.165, 1.54) is 6.07 Å². The minimum absolute atomic E-state index is 0.00857. The van der Waals surface area contributed by atoms with Gasteiger partial charge in [0.2, 0.25) is 0 Å². The number of carbonyl (C=O) groups is 1. The highest BCUT2D eigenvalue weighted by Crippen LogP contribution is 2.37. The Bertz CT molecular complexity index is 1150. The second kappa shape index (κ2) is 10.2. The van der Waals surface area contributed by atoms with Crippen molar-refractivity contribution in [2.75, 3.05) is 11.9 Å². The summed E-state index contributed by atoms with van der Waals surface area (Å²) in [4.78, 5) is 17.3. The van der Waals surface area contributed by atoms with Crippen LogP contribution in [0, 0.1) is 12.7 Å². The van der Waals surface area contributed by atoms with Crippen LogP contribution in [0.25, 0.3) is 0 Å². The fourth-order valence-corrected chi connectivity index (χ4v) is 4.74.